The van der Waals surface area contributed by atoms with E-state index in [1.165, 1.54) is 0 Å². The molecule has 0 aromatic heterocycles. The maximum absolute atomic E-state index is 12.3. The molecule has 0 bridgehead atoms. The standard InChI is InChI=1S/C16H19Cl2NO3/c1-16(15(21)22)7-2-8-19(10-16)14(20)6-4-11-3-5-12(17)9-13(11)18/h3,5,9H,2,4,6-8,10H2,1H3,(H,21,22). The third-order valence-corrected chi connectivity index (χ3v) is 4.78. The number of halogens is 2. The fourth-order valence-corrected chi connectivity index (χ4v) is 3.25. The van der Waals surface area contributed by atoms with Crippen LogP contribution >= 0.6 is 23.2 Å². The van der Waals surface area contributed by atoms with E-state index >= 15 is 0 Å². The predicted octanol–water partition coefficient (Wildman–Crippen LogP) is 3.64. The van der Waals surface area contributed by atoms with E-state index in [-0.39, 0.29) is 12.5 Å². The summed E-state index contributed by atoms with van der Waals surface area (Å²) in [6, 6.07) is 5.22. The van der Waals surface area contributed by atoms with E-state index in [0.717, 1.165) is 12.0 Å². The number of nitrogens with zero attached hydrogens (tertiary/aromatic N) is 1. The number of hydrogen-bond donors (Lipinski definition) is 1. The number of hydrogen-bond acceptors (Lipinski definition) is 2. The van der Waals surface area contributed by atoms with E-state index in [0.29, 0.717) is 35.9 Å². The predicted molar refractivity (Wildman–Crippen MR) is 86.3 cm³/mol. The lowest BCUT2D eigenvalue weighted by Crippen LogP contribution is -2.48. The largest absolute Gasteiger partial charge is 0.481 e. The molecule has 1 unspecified atom stereocenters. The number of piperidine rings is 1. The summed E-state index contributed by atoms with van der Waals surface area (Å²) < 4.78 is 0. The van der Waals surface area contributed by atoms with Crippen molar-refractivity contribution in [1.29, 1.82) is 0 Å². The SMILES string of the molecule is CC1(C(=O)O)CCCN(C(=O)CCc2ccc(Cl)cc2Cl)C1. The fourth-order valence-electron chi connectivity index (χ4n) is 2.75. The lowest BCUT2D eigenvalue weighted by molar-refractivity contribution is -0.153. The maximum atomic E-state index is 12.3. The number of amides is 1. The van der Waals surface area contributed by atoms with Gasteiger partial charge in [-0.15, -0.1) is 0 Å². The van der Waals surface area contributed by atoms with Crippen LogP contribution in [0.25, 0.3) is 0 Å². The Kier molecular flexibility index (Phi) is 5.35. The van der Waals surface area contributed by atoms with Gasteiger partial charge in [-0.2, -0.15) is 0 Å². The summed E-state index contributed by atoms with van der Waals surface area (Å²) in [4.78, 5) is 25.3. The minimum absolute atomic E-state index is 0.0295. The van der Waals surface area contributed by atoms with Gasteiger partial charge < -0.3 is 10.0 Å². The second kappa shape index (κ2) is 6.88. The summed E-state index contributed by atoms with van der Waals surface area (Å²) >= 11 is 11.9. The van der Waals surface area contributed by atoms with E-state index in [2.05, 4.69) is 0 Å². The zero-order chi connectivity index (χ0) is 16.3. The Morgan fingerprint density at radius 2 is 2.09 bits per heavy atom. The zero-order valence-electron chi connectivity index (χ0n) is 12.4. The van der Waals surface area contributed by atoms with E-state index < -0.39 is 11.4 Å². The molecule has 0 saturated carbocycles. The first kappa shape index (κ1) is 17.1. The summed E-state index contributed by atoms with van der Waals surface area (Å²) in [6.45, 7) is 2.59. The smallest absolute Gasteiger partial charge is 0.311 e. The van der Waals surface area contributed by atoms with Crippen molar-refractivity contribution in [2.75, 3.05) is 13.1 Å². The van der Waals surface area contributed by atoms with Crippen LogP contribution in [0.4, 0.5) is 0 Å². The van der Waals surface area contributed by atoms with Crippen LogP contribution in [-0.4, -0.2) is 35.0 Å². The molecule has 1 aliphatic heterocycles. The minimum Gasteiger partial charge on any atom is -0.481 e. The van der Waals surface area contributed by atoms with Gasteiger partial charge in [0.1, 0.15) is 0 Å². The lowest BCUT2D eigenvalue weighted by Gasteiger charge is -2.37. The number of aryl methyl sites for hydroxylation is 1. The molecule has 1 N–H and O–H groups in total. The molecule has 1 aliphatic rings. The van der Waals surface area contributed by atoms with Gasteiger partial charge in [-0.1, -0.05) is 29.3 Å². The van der Waals surface area contributed by atoms with Gasteiger partial charge in [-0.25, -0.2) is 0 Å². The molecule has 0 aliphatic carbocycles. The molecular formula is C16H19Cl2NO3. The monoisotopic (exact) mass is 343 g/mol. The Balaban J connectivity index is 1.96. The average Bonchev–Trinajstić information content (AvgIpc) is 2.46. The van der Waals surface area contributed by atoms with Gasteiger partial charge in [-0.3, -0.25) is 9.59 Å². The van der Waals surface area contributed by atoms with Crippen LogP contribution in [0.3, 0.4) is 0 Å². The molecule has 0 radical (unpaired) electrons. The molecule has 6 heteroatoms. The Hall–Kier alpha value is -1.26. The lowest BCUT2D eigenvalue weighted by atomic mass is 9.82. The summed E-state index contributed by atoms with van der Waals surface area (Å²) in [5.74, 6) is -0.871. The highest BCUT2D eigenvalue weighted by Gasteiger charge is 2.39. The Morgan fingerprint density at radius 3 is 2.73 bits per heavy atom. The third kappa shape index (κ3) is 3.93. The van der Waals surface area contributed by atoms with Crippen LogP contribution in [-0.2, 0) is 16.0 Å². The fraction of sp³-hybridized carbons (Fsp3) is 0.500. The summed E-state index contributed by atoms with van der Waals surface area (Å²) in [7, 11) is 0. The molecule has 1 aromatic carbocycles. The molecule has 2 rings (SSSR count). The normalized spacial score (nSPS) is 21.7. The van der Waals surface area contributed by atoms with Gasteiger partial charge in [0.25, 0.3) is 0 Å². The van der Waals surface area contributed by atoms with Crippen molar-refractivity contribution in [3.63, 3.8) is 0 Å². The first-order chi connectivity index (χ1) is 10.3. The van der Waals surface area contributed by atoms with Crippen LogP contribution in [0, 0.1) is 5.41 Å². The van der Waals surface area contributed by atoms with Crippen molar-refractivity contribution in [3.8, 4) is 0 Å². The zero-order valence-corrected chi connectivity index (χ0v) is 14.0. The Labute approximate surface area is 140 Å². The third-order valence-electron chi connectivity index (χ3n) is 4.19. The molecule has 1 atom stereocenters. The maximum Gasteiger partial charge on any atom is 0.311 e. The first-order valence-electron chi connectivity index (χ1n) is 7.27. The average molecular weight is 344 g/mol. The van der Waals surface area contributed by atoms with Crippen LogP contribution in [0.2, 0.25) is 10.0 Å². The molecule has 1 aromatic rings. The second-order valence-corrected chi connectivity index (χ2v) is 6.86. The minimum atomic E-state index is -0.842. The first-order valence-corrected chi connectivity index (χ1v) is 8.02. The van der Waals surface area contributed by atoms with Crippen molar-refractivity contribution in [1.82, 2.24) is 4.90 Å². The van der Waals surface area contributed by atoms with Gasteiger partial charge >= 0.3 is 5.97 Å². The Bertz CT molecular complexity index is 591. The van der Waals surface area contributed by atoms with Crippen molar-refractivity contribution >= 4 is 35.1 Å². The van der Waals surface area contributed by atoms with Crippen molar-refractivity contribution < 1.29 is 14.7 Å². The highest BCUT2D eigenvalue weighted by atomic mass is 35.5. The number of rotatable bonds is 4. The van der Waals surface area contributed by atoms with Gasteiger partial charge in [0.15, 0.2) is 0 Å². The number of carbonyl (C=O) groups excluding carboxylic acids is 1. The van der Waals surface area contributed by atoms with Crippen LogP contribution in [0.5, 0.6) is 0 Å². The molecule has 1 saturated heterocycles. The van der Waals surface area contributed by atoms with Gasteiger partial charge in [-0.05, 0) is 43.9 Å². The molecular weight excluding hydrogens is 325 g/mol. The summed E-state index contributed by atoms with van der Waals surface area (Å²) in [5.41, 5.74) is 0.0312. The van der Waals surface area contributed by atoms with E-state index in [1.54, 1.807) is 24.0 Å². The quantitative estimate of drug-likeness (QED) is 0.907. The summed E-state index contributed by atoms with van der Waals surface area (Å²) in [5, 5.41) is 10.4. The van der Waals surface area contributed by atoms with Crippen molar-refractivity contribution in [2.45, 2.75) is 32.6 Å². The molecule has 22 heavy (non-hydrogen) atoms. The van der Waals surface area contributed by atoms with E-state index in [4.69, 9.17) is 23.2 Å². The highest BCUT2D eigenvalue weighted by molar-refractivity contribution is 6.35. The van der Waals surface area contributed by atoms with Crippen molar-refractivity contribution in [2.24, 2.45) is 5.41 Å². The van der Waals surface area contributed by atoms with Crippen LogP contribution in [0.15, 0.2) is 18.2 Å². The topological polar surface area (TPSA) is 57.6 Å². The number of benzene rings is 1. The molecule has 1 heterocycles. The Morgan fingerprint density at radius 1 is 1.36 bits per heavy atom. The molecule has 0 spiro atoms. The molecule has 4 nitrogen and oxygen atoms in total. The summed E-state index contributed by atoms with van der Waals surface area (Å²) in [6.07, 6.45) is 2.16. The van der Waals surface area contributed by atoms with Crippen LogP contribution < -0.4 is 0 Å². The second-order valence-electron chi connectivity index (χ2n) is 6.02. The van der Waals surface area contributed by atoms with Crippen molar-refractivity contribution in [3.05, 3.63) is 33.8 Å². The molecule has 120 valence electrons. The highest BCUT2D eigenvalue weighted by Crippen LogP contribution is 2.30. The number of carboxylic acids is 1. The number of carboxylic acid groups (broad SMARTS) is 1. The van der Waals surface area contributed by atoms with Gasteiger partial charge in [0, 0.05) is 29.6 Å². The van der Waals surface area contributed by atoms with Gasteiger partial charge in [0.05, 0.1) is 5.41 Å². The van der Waals surface area contributed by atoms with Crippen LogP contribution in [0.1, 0.15) is 31.7 Å². The number of carbonyl (C=O) groups is 2. The van der Waals surface area contributed by atoms with E-state index in [1.807, 2.05) is 6.07 Å². The molecule has 1 amide bonds. The van der Waals surface area contributed by atoms with E-state index in [9.17, 15) is 14.7 Å². The van der Waals surface area contributed by atoms with Gasteiger partial charge in [0.2, 0.25) is 5.91 Å². The molecule has 1 fully saturated rings. The number of likely N-dealkylation sites (tertiary alicyclic amines) is 1. The number of aliphatic carboxylic acids is 1.